The largest absolute Gasteiger partial charge is 0.508 e. The topological polar surface area (TPSA) is 78.2 Å². The number of rotatable bonds is 5. The van der Waals surface area contributed by atoms with Gasteiger partial charge in [0.15, 0.2) is 5.65 Å². The predicted molar refractivity (Wildman–Crippen MR) is 144 cm³/mol. The van der Waals surface area contributed by atoms with Gasteiger partial charge >= 0.3 is 0 Å². The van der Waals surface area contributed by atoms with E-state index in [-0.39, 0.29) is 17.4 Å². The van der Waals surface area contributed by atoms with Crippen LogP contribution in [0.4, 0.5) is 10.2 Å². The van der Waals surface area contributed by atoms with Gasteiger partial charge in [-0.1, -0.05) is 18.9 Å². The molecule has 0 amide bonds. The number of ether oxygens (including phenoxy) is 1. The first-order chi connectivity index (χ1) is 18.5. The summed E-state index contributed by atoms with van der Waals surface area (Å²) in [4.78, 5) is 9.67. The number of fused-ring (bicyclic) bond motifs is 4. The Balaban J connectivity index is 1.42. The highest BCUT2D eigenvalue weighted by Crippen LogP contribution is 2.39. The van der Waals surface area contributed by atoms with Crippen LogP contribution < -0.4 is 15.0 Å². The van der Waals surface area contributed by atoms with Crippen molar-refractivity contribution in [2.75, 3.05) is 37.6 Å². The molecule has 8 nitrogen and oxygen atoms in total. The maximum atomic E-state index is 14.8. The quantitative estimate of drug-likeness (QED) is 0.397. The number of phenolic OH excluding ortho intramolecular Hbond substituents is 1. The van der Waals surface area contributed by atoms with Crippen molar-refractivity contribution >= 4 is 22.2 Å². The van der Waals surface area contributed by atoms with Crippen LogP contribution in [0.15, 0.2) is 36.5 Å². The number of terminal acetylenes is 1. The summed E-state index contributed by atoms with van der Waals surface area (Å²) in [5.41, 5.74) is 1.97. The summed E-state index contributed by atoms with van der Waals surface area (Å²) < 4.78 is 23.1. The molecule has 3 fully saturated rings. The van der Waals surface area contributed by atoms with Gasteiger partial charge in [-0.05, 0) is 48.5 Å². The fraction of sp³-hybridized carbons (Fsp3) is 0.379. The molecule has 0 saturated carbocycles. The number of likely N-dealkylation sites (tertiary alicyclic amines) is 1. The van der Waals surface area contributed by atoms with Gasteiger partial charge in [0.25, 0.3) is 0 Å². The second-order valence-electron chi connectivity index (χ2n) is 10.5. The lowest BCUT2D eigenvalue weighted by molar-refractivity contribution is 0.195. The first kappa shape index (κ1) is 23.3. The molecule has 3 aliphatic rings. The van der Waals surface area contributed by atoms with Crippen LogP contribution in [0.25, 0.3) is 27.5 Å². The minimum atomic E-state index is -0.483. The average molecular weight is 513 g/mol. The van der Waals surface area contributed by atoms with E-state index in [2.05, 4.69) is 28.0 Å². The molecular weight excluding hydrogens is 483 g/mol. The monoisotopic (exact) mass is 512 g/mol. The van der Waals surface area contributed by atoms with Crippen molar-refractivity contribution in [2.24, 2.45) is 0 Å². The number of hydrogen-bond donors (Lipinski definition) is 2. The summed E-state index contributed by atoms with van der Waals surface area (Å²) in [6.45, 7) is 6.83. The van der Waals surface area contributed by atoms with Crippen LogP contribution in [0, 0.1) is 18.2 Å². The van der Waals surface area contributed by atoms with Gasteiger partial charge in [0.1, 0.15) is 23.5 Å². The fourth-order valence-electron chi connectivity index (χ4n) is 6.35. The van der Waals surface area contributed by atoms with Crippen LogP contribution in [-0.2, 0) is 0 Å². The number of aromatic hydroxyl groups is 1. The van der Waals surface area contributed by atoms with E-state index in [0.29, 0.717) is 45.5 Å². The Bertz CT molecular complexity index is 1610. The van der Waals surface area contributed by atoms with E-state index in [1.54, 1.807) is 24.4 Å². The SMILES string of the molecule is C#Cc1c(F)ccc2cc(O)cc(-c3cnn4c(N5CC6CC5CN6)cc(OC5CCN(CC)C5)nc34)c12. The highest BCUT2D eigenvalue weighted by Gasteiger charge is 2.39. The molecule has 2 bridgehead atoms. The molecule has 3 aliphatic heterocycles. The number of nitrogens with zero attached hydrogens (tertiary/aromatic N) is 5. The molecule has 4 aromatic rings. The highest BCUT2D eigenvalue weighted by molar-refractivity contribution is 6.04. The standard InChI is InChI=1S/C29H29FN6O2/c1-3-22-25(30)6-5-17-9-20(37)11-23(28(17)22)24-14-32-36-27(35-15-18-10-19(35)13-31-18)12-26(33-29(24)36)38-21-7-8-34(4-2)16-21/h1,5-6,9,11-12,14,18-19,21,31,37H,4,7-8,10,13,15-16H2,2H3. The highest BCUT2D eigenvalue weighted by atomic mass is 19.1. The molecule has 38 heavy (non-hydrogen) atoms. The minimum Gasteiger partial charge on any atom is -0.508 e. The molecule has 0 aliphatic carbocycles. The van der Waals surface area contributed by atoms with Crippen LogP contribution in [0.2, 0.25) is 0 Å². The Morgan fingerprint density at radius 3 is 2.87 bits per heavy atom. The number of hydrogen-bond acceptors (Lipinski definition) is 7. The zero-order valence-electron chi connectivity index (χ0n) is 21.2. The normalized spacial score (nSPS) is 23.1. The molecule has 3 atom stereocenters. The number of benzene rings is 2. The lowest BCUT2D eigenvalue weighted by Crippen LogP contribution is -2.44. The number of aromatic nitrogens is 3. The number of piperazine rings is 1. The lowest BCUT2D eigenvalue weighted by Gasteiger charge is -2.30. The van der Waals surface area contributed by atoms with E-state index in [4.69, 9.17) is 21.2 Å². The van der Waals surface area contributed by atoms with Crippen LogP contribution >= 0.6 is 0 Å². The molecule has 0 radical (unpaired) electrons. The van der Waals surface area contributed by atoms with Gasteiger partial charge in [0, 0.05) is 55.3 Å². The molecule has 2 aromatic heterocycles. The number of phenols is 1. The van der Waals surface area contributed by atoms with Gasteiger partial charge in [0.05, 0.1) is 11.8 Å². The molecular formula is C29H29FN6O2. The summed E-state index contributed by atoms with van der Waals surface area (Å²) in [5, 5.41) is 20.1. The molecule has 2 N–H and O–H groups in total. The molecule has 5 heterocycles. The first-order valence-corrected chi connectivity index (χ1v) is 13.2. The zero-order chi connectivity index (χ0) is 26.0. The first-order valence-electron chi connectivity index (χ1n) is 13.2. The molecule has 3 unspecified atom stereocenters. The van der Waals surface area contributed by atoms with E-state index < -0.39 is 5.82 Å². The average Bonchev–Trinajstić information content (AvgIpc) is 3.72. The molecule has 9 heteroatoms. The van der Waals surface area contributed by atoms with E-state index in [0.717, 1.165) is 51.4 Å². The van der Waals surface area contributed by atoms with Crippen molar-refractivity contribution in [1.82, 2.24) is 24.8 Å². The van der Waals surface area contributed by atoms with Crippen LogP contribution in [-0.4, -0.2) is 75.5 Å². The smallest absolute Gasteiger partial charge is 0.219 e. The zero-order valence-corrected chi connectivity index (χ0v) is 21.2. The van der Waals surface area contributed by atoms with E-state index in [1.807, 2.05) is 10.6 Å². The third-order valence-corrected chi connectivity index (χ3v) is 8.23. The van der Waals surface area contributed by atoms with Crippen LogP contribution in [0.1, 0.15) is 25.3 Å². The van der Waals surface area contributed by atoms with Crippen LogP contribution in [0.3, 0.4) is 0 Å². The number of anilines is 1. The predicted octanol–water partition coefficient (Wildman–Crippen LogP) is 3.40. The molecule has 0 spiro atoms. The Hall–Kier alpha value is -3.87. The second kappa shape index (κ2) is 8.86. The Labute approximate surface area is 220 Å². The van der Waals surface area contributed by atoms with Crippen molar-refractivity contribution in [3.8, 4) is 35.1 Å². The Kier molecular flexibility index (Phi) is 5.42. The van der Waals surface area contributed by atoms with Gasteiger partial charge in [-0.25, -0.2) is 4.39 Å². The van der Waals surface area contributed by atoms with Crippen molar-refractivity contribution < 1.29 is 14.2 Å². The van der Waals surface area contributed by atoms with Gasteiger partial charge in [0.2, 0.25) is 5.88 Å². The van der Waals surface area contributed by atoms with Gasteiger partial charge in [-0.2, -0.15) is 14.6 Å². The maximum Gasteiger partial charge on any atom is 0.219 e. The minimum absolute atomic E-state index is 0.0580. The third-order valence-electron chi connectivity index (χ3n) is 8.23. The Morgan fingerprint density at radius 1 is 1.24 bits per heavy atom. The van der Waals surface area contributed by atoms with Crippen molar-refractivity contribution in [1.29, 1.82) is 0 Å². The van der Waals surface area contributed by atoms with Gasteiger partial charge in [-0.3, -0.25) is 4.90 Å². The number of nitrogens with one attached hydrogen (secondary N) is 1. The molecule has 2 aromatic carbocycles. The van der Waals surface area contributed by atoms with Crippen molar-refractivity contribution in [3.05, 3.63) is 47.9 Å². The summed E-state index contributed by atoms with van der Waals surface area (Å²) >= 11 is 0. The molecule has 7 rings (SSSR count). The third kappa shape index (κ3) is 3.67. The van der Waals surface area contributed by atoms with Crippen molar-refractivity contribution in [3.63, 3.8) is 0 Å². The second-order valence-corrected chi connectivity index (χ2v) is 10.5. The fourth-order valence-corrected chi connectivity index (χ4v) is 6.35. The van der Waals surface area contributed by atoms with Gasteiger partial charge < -0.3 is 20.1 Å². The van der Waals surface area contributed by atoms with Gasteiger partial charge in [-0.15, -0.1) is 6.42 Å². The maximum absolute atomic E-state index is 14.8. The van der Waals surface area contributed by atoms with E-state index in [9.17, 15) is 9.50 Å². The van der Waals surface area contributed by atoms with Crippen LogP contribution in [0.5, 0.6) is 11.6 Å². The summed E-state index contributed by atoms with van der Waals surface area (Å²) in [7, 11) is 0. The van der Waals surface area contributed by atoms with E-state index in [1.165, 1.54) is 6.07 Å². The number of likely N-dealkylation sites (N-methyl/N-ethyl adjacent to an activating group) is 1. The lowest BCUT2D eigenvalue weighted by atomic mass is 9.95. The van der Waals surface area contributed by atoms with E-state index >= 15 is 0 Å². The summed E-state index contributed by atoms with van der Waals surface area (Å²) in [5.74, 6) is 3.54. The Morgan fingerprint density at radius 2 is 2.13 bits per heavy atom. The summed E-state index contributed by atoms with van der Waals surface area (Å²) in [6, 6.07) is 8.96. The number of halogens is 1. The molecule has 3 saturated heterocycles. The van der Waals surface area contributed by atoms with Crippen molar-refractivity contribution in [2.45, 2.75) is 38.0 Å². The summed E-state index contributed by atoms with van der Waals surface area (Å²) in [6.07, 6.45) is 9.56. The molecule has 194 valence electrons.